The summed E-state index contributed by atoms with van der Waals surface area (Å²) in [5, 5.41) is 1.03. The Morgan fingerprint density at radius 3 is 2.28 bits per heavy atom. The van der Waals surface area contributed by atoms with Gasteiger partial charge in [0.25, 0.3) is 5.56 Å². The maximum Gasteiger partial charge on any atom is 0.417 e. The maximum atomic E-state index is 14.3. The molecule has 0 bridgehead atoms. The van der Waals surface area contributed by atoms with Crippen LogP contribution in [0.2, 0.25) is 0 Å². The molecule has 4 nitrogen and oxygen atoms in total. The number of rotatable bonds is 4. The quantitative estimate of drug-likeness (QED) is 0.496. The SMILES string of the molecule is C[C@H](NC(=O)[C@H](C)c1c(C(F)(F)F)c2c(F)c(F)ccc2[nH]c1=O)c1ccc(F)cc1F.[HH].[HH]. The molecule has 11 heteroatoms. The molecule has 32 heavy (non-hydrogen) atoms. The third kappa shape index (κ3) is 4.19. The van der Waals surface area contributed by atoms with Crippen LogP contribution in [0.15, 0.2) is 35.1 Å². The average molecular weight is 464 g/mol. The molecule has 0 saturated carbocycles. The number of H-pyrrole nitrogens is 1. The highest BCUT2D eigenvalue weighted by Crippen LogP contribution is 2.39. The fourth-order valence-corrected chi connectivity index (χ4v) is 3.44. The first kappa shape index (κ1) is 23.3. The summed E-state index contributed by atoms with van der Waals surface area (Å²) < 4.78 is 96.5. The molecule has 0 aliphatic heterocycles. The summed E-state index contributed by atoms with van der Waals surface area (Å²) in [5.74, 6) is -8.17. The highest BCUT2D eigenvalue weighted by atomic mass is 19.4. The van der Waals surface area contributed by atoms with Crippen LogP contribution < -0.4 is 10.9 Å². The van der Waals surface area contributed by atoms with E-state index in [9.17, 15) is 40.3 Å². The first-order valence-corrected chi connectivity index (χ1v) is 9.19. The van der Waals surface area contributed by atoms with Gasteiger partial charge in [-0.2, -0.15) is 13.2 Å². The Morgan fingerprint density at radius 1 is 1.03 bits per heavy atom. The summed E-state index contributed by atoms with van der Waals surface area (Å²) in [6.07, 6.45) is -5.31. The largest absolute Gasteiger partial charge is 0.417 e. The smallest absolute Gasteiger partial charge is 0.349 e. The van der Waals surface area contributed by atoms with E-state index in [1.807, 2.05) is 4.98 Å². The highest BCUT2D eigenvalue weighted by molar-refractivity contribution is 5.89. The number of alkyl halides is 3. The molecule has 3 aromatic rings. The van der Waals surface area contributed by atoms with Gasteiger partial charge in [0, 0.05) is 25.4 Å². The maximum absolute atomic E-state index is 14.3. The fourth-order valence-electron chi connectivity index (χ4n) is 3.44. The zero-order chi connectivity index (χ0) is 24.0. The number of hydrogen-bond donors (Lipinski definition) is 2. The van der Waals surface area contributed by atoms with Gasteiger partial charge in [-0.25, -0.2) is 17.6 Å². The zero-order valence-electron chi connectivity index (χ0n) is 16.5. The van der Waals surface area contributed by atoms with E-state index in [1.54, 1.807) is 0 Å². The van der Waals surface area contributed by atoms with Crippen molar-refractivity contribution < 1.29 is 38.4 Å². The van der Waals surface area contributed by atoms with Gasteiger partial charge in [0.2, 0.25) is 5.91 Å². The zero-order valence-corrected chi connectivity index (χ0v) is 16.5. The van der Waals surface area contributed by atoms with Crippen LogP contribution in [0, 0.1) is 23.3 Å². The average Bonchev–Trinajstić information content (AvgIpc) is 2.68. The van der Waals surface area contributed by atoms with Gasteiger partial charge in [-0.1, -0.05) is 6.07 Å². The molecule has 174 valence electrons. The monoisotopic (exact) mass is 464 g/mol. The van der Waals surface area contributed by atoms with Gasteiger partial charge in [0.1, 0.15) is 11.6 Å². The van der Waals surface area contributed by atoms with Crippen molar-refractivity contribution in [1.29, 1.82) is 0 Å². The lowest BCUT2D eigenvalue weighted by Crippen LogP contribution is -2.35. The molecule has 0 unspecified atom stereocenters. The van der Waals surface area contributed by atoms with Crippen LogP contribution in [0.3, 0.4) is 0 Å². The molecule has 2 atom stereocenters. The molecule has 0 fully saturated rings. The van der Waals surface area contributed by atoms with Crippen LogP contribution in [-0.4, -0.2) is 10.9 Å². The van der Waals surface area contributed by atoms with Crippen LogP contribution in [0.25, 0.3) is 10.9 Å². The van der Waals surface area contributed by atoms with Crippen molar-refractivity contribution in [3.63, 3.8) is 0 Å². The molecule has 0 spiro atoms. The van der Waals surface area contributed by atoms with Gasteiger partial charge in [-0.3, -0.25) is 9.59 Å². The number of fused-ring (bicyclic) bond motifs is 1. The van der Waals surface area contributed by atoms with Crippen molar-refractivity contribution in [1.82, 2.24) is 10.3 Å². The minimum atomic E-state index is -5.31. The van der Waals surface area contributed by atoms with Gasteiger partial charge >= 0.3 is 6.18 Å². The predicted molar refractivity (Wildman–Crippen MR) is 105 cm³/mol. The van der Waals surface area contributed by atoms with Crippen molar-refractivity contribution >= 4 is 16.8 Å². The van der Waals surface area contributed by atoms with Crippen LogP contribution in [0.5, 0.6) is 0 Å². The molecule has 2 N–H and O–H groups in total. The van der Waals surface area contributed by atoms with Crippen molar-refractivity contribution in [2.75, 3.05) is 0 Å². The number of benzene rings is 2. The molecule has 3 rings (SSSR count). The minimum Gasteiger partial charge on any atom is -0.349 e. The first-order valence-electron chi connectivity index (χ1n) is 9.19. The third-order valence-corrected chi connectivity index (χ3v) is 5.00. The Labute approximate surface area is 179 Å². The Kier molecular flexibility index (Phi) is 6.03. The van der Waals surface area contributed by atoms with Crippen LogP contribution in [-0.2, 0) is 11.0 Å². The minimum absolute atomic E-state index is 0. The van der Waals surface area contributed by atoms with Gasteiger partial charge < -0.3 is 10.3 Å². The second kappa shape index (κ2) is 8.29. The van der Waals surface area contributed by atoms with E-state index >= 15 is 0 Å². The standard InChI is InChI=1S/C21H15F7N2O2.2H2/c1-8(19(31)29-9(2)11-4-3-10(22)7-13(11)24)15-17(21(26,27)28)16-14(30-20(15)32)6-5-12(23)18(16)25;;/h3-9H,1-2H3,(H,29,31)(H,30,32);2*1H/t8-,9+;;/m1../s1. The lowest BCUT2D eigenvalue weighted by molar-refractivity contribution is -0.137. The second-order valence-corrected chi connectivity index (χ2v) is 7.14. The number of halogens is 7. The van der Waals surface area contributed by atoms with E-state index in [1.165, 1.54) is 6.92 Å². The van der Waals surface area contributed by atoms with Gasteiger partial charge in [-0.15, -0.1) is 0 Å². The molecule has 1 amide bonds. The highest BCUT2D eigenvalue weighted by Gasteiger charge is 2.41. The number of aromatic nitrogens is 1. The number of carbonyl (C=O) groups is 1. The van der Waals surface area contributed by atoms with Crippen molar-refractivity contribution in [3.05, 3.63) is 80.6 Å². The number of aromatic amines is 1. The molecular weight excluding hydrogens is 445 g/mol. The molecule has 0 saturated heterocycles. The molecule has 1 heterocycles. The molecule has 0 radical (unpaired) electrons. The predicted octanol–water partition coefficient (Wildman–Crippen LogP) is 5.58. The third-order valence-electron chi connectivity index (χ3n) is 5.00. The van der Waals surface area contributed by atoms with Crippen molar-refractivity contribution in [2.45, 2.75) is 32.0 Å². The fraction of sp³-hybridized carbons (Fsp3) is 0.238. The number of carbonyl (C=O) groups excluding carboxylic acids is 1. The van der Waals surface area contributed by atoms with Crippen LogP contribution >= 0.6 is 0 Å². The first-order chi connectivity index (χ1) is 14.8. The number of hydrogen-bond acceptors (Lipinski definition) is 2. The Balaban J connectivity index is 0.00000289. The van der Waals surface area contributed by atoms with Crippen LogP contribution in [0.1, 0.15) is 45.4 Å². The Morgan fingerprint density at radius 2 is 1.69 bits per heavy atom. The molecule has 2 aromatic carbocycles. The summed E-state index contributed by atoms with van der Waals surface area (Å²) >= 11 is 0. The van der Waals surface area contributed by atoms with E-state index in [0.717, 1.165) is 25.1 Å². The molecule has 0 aliphatic carbocycles. The van der Waals surface area contributed by atoms with Gasteiger partial charge in [0.05, 0.1) is 23.0 Å². The number of pyridine rings is 1. The van der Waals surface area contributed by atoms with E-state index < -0.39 is 74.9 Å². The van der Waals surface area contributed by atoms with Crippen LogP contribution in [0.4, 0.5) is 30.7 Å². The molecule has 1 aromatic heterocycles. The number of nitrogens with one attached hydrogen (secondary N) is 2. The number of amides is 1. The molecule has 0 aliphatic rings. The Hall–Kier alpha value is -3.37. The lowest BCUT2D eigenvalue weighted by atomic mass is 9.92. The Bertz CT molecular complexity index is 1280. The summed E-state index contributed by atoms with van der Waals surface area (Å²) in [7, 11) is 0. The summed E-state index contributed by atoms with van der Waals surface area (Å²) in [6, 6.07) is 2.77. The van der Waals surface area contributed by atoms with E-state index in [4.69, 9.17) is 0 Å². The second-order valence-electron chi connectivity index (χ2n) is 7.14. The lowest BCUT2D eigenvalue weighted by Gasteiger charge is -2.22. The van der Waals surface area contributed by atoms with E-state index in [-0.39, 0.29) is 8.42 Å². The molecular formula is C21H19F7N2O2. The van der Waals surface area contributed by atoms with Crippen molar-refractivity contribution in [3.8, 4) is 0 Å². The van der Waals surface area contributed by atoms with Crippen molar-refractivity contribution in [2.24, 2.45) is 0 Å². The summed E-state index contributed by atoms with van der Waals surface area (Å²) in [4.78, 5) is 27.1. The summed E-state index contributed by atoms with van der Waals surface area (Å²) in [5.41, 5.74) is -4.97. The van der Waals surface area contributed by atoms with Gasteiger partial charge in [0.15, 0.2) is 11.6 Å². The van der Waals surface area contributed by atoms with E-state index in [2.05, 4.69) is 5.32 Å². The topological polar surface area (TPSA) is 62.0 Å². The van der Waals surface area contributed by atoms with Gasteiger partial charge in [-0.05, 0) is 32.0 Å². The van der Waals surface area contributed by atoms with E-state index in [0.29, 0.717) is 12.1 Å². The summed E-state index contributed by atoms with van der Waals surface area (Å²) in [6.45, 7) is 2.26. The normalized spacial score (nSPS) is 13.8.